The summed E-state index contributed by atoms with van der Waals surface area (Å²) >= 11 is 0.970. The van der Waals surface area contributed by atoms with Crippen molar-refractivity contribution < 1.29 is 13.9 Å². The lowest BCUT2D eigenvalue weighted by Crippen LogP contribution is -2.29. The van der Waals surface area contributed by atoms with Crippen LogP contribution in [0.1, 0.15) is 17.0 Å². The van der Waals surface area contributed by atoms with Crippen molar-refractivity contribution in [3.05, 3.63) is 33.8 Å². The maximum Gasteiger partial charge on any atom is 0.309 e. The molecule has 0 aliphatic heterocycles. The molecule has 0 fully saturated rings. The number of fused-ring (bicyclic) bond motifs is 1. The third-order valence-electron chi connectivity index (χ3n) is 3.30. The summed E-state index contributed by atoms with van der Waals surface area (Å²) in [6.07, 6.45) is 2.05. The fraction of sp³-hybridized carbons (Fsp3) is 0.286. The number of methoxy groups -OCH3 is 1. The van der Waals surface area contributed by atoms with E-state index in [0.717, 1.165) is 11.3 Å². The van der Waals surface area contributed by atoms with Crippen LogP contribution in [0.25, 0.3) is 10.3 Å². The van der Waals surface area contributed by atoms with Crippen molar-refractivity contribution in [2.24, 2.45) is 0 Å². The minimum absolute atomic E-state index is 0.0134. The maximum atomic E-state index is 12.2. The number of aromatic nitrogens is 3. The minimum Gasteiger partial charge on any atom is -0.459 e. The second-order valence-electron chi connectivity index (χ2n) is 5.01. The highest BCUT2D eigenvalue weighted by Gasteiger charge is 2.16. The Hall–Kier alpha value is -2.92. The Labute approximate surface area is 145 Å². The second-order valence-corrected chi connectivity index (χ2v) is 5.97. The standard InChI is InChI=1S/C14H16N6O4S/c1-23-6-3-5-20-11-9(25-14(20)22)10(16-13(15)17-11)18-19-12(21)8-4-2-7-24-8/h2,4,7H,3,5-6H2,1H3,(H,19,21)(H3,15,16,17,18). The lowest BCUT2D eigenvalue weighted by molar-refractivity contribution is 0.0935. The number of thiazole rings is 1. The number of anilines is 2. The number of nitrogens with zero attached hydrogens (tertiary/aromatic N) is 3. The van der Waals surface area contributed by atoms with Gasteiger partial charge in [0.15, 0.2) is 17.2 Å². The van der Waals surface area contributed by atoms with Gasteiger partial charge in [0, 0.05) is 20.3 Å². The summed E-state index contributed by atoms with van der Waals surface area (Å²) < 4.78 is 12.0. The van der Waals surface area contributed by atoms with E-state index in [4.69, 9.17) is 14.9 Å². The molecule has 0 atom stereocenters. The molecular weight excluding hydrogens is 348 g/mol. The Kier molecular flexibility index (Phi) is 4.95. The number of carbonyl (C=O) groups excluding carboxylic acids is 1. The normalized spacial score (nSPS) is 10.9. The van der Waals surface area contributed by atoms with E-state index in [0.29, 0.717) is 29.9 Å². The second kappa shape index (κ2) is 7.32. The molecule has 0 saturated carbocycles. The van der Waals surface area contributed by atoms with Crippen molar-refractivity contribution >= 4 is 39.4 Å². The Bertz CT molecular complexity index is 933. The Morgan fingerprint density at radius 3 is 3.04 bits per heavy atom. The number of ether oxygens (including phenoxy) is 1. The van der Waals surface area contributed by atoms with Gasteiger partial charge in [0.1, 0.15) is 4.70 Å². The van der Waals surface area contributed by atoms with Crippen LogP contribution in [-0.2, 0) is 11.3 Å². The number of rotatable bonds is 7. The van der Waals surface area contributed by atoms with Gasteiger partial charge in [-0.1, -0.05) is 11.3 Å². The molecule has 0 aliphatic carbocycles. The summed E-state index contributed by atoms with van der Waals surface area (Å²) in [4.78, 5) is 32.2. The van der Waals surface area contributed by atoms with Crippen LogP contribution < -0.4 is 21.5 Å². The first-order valence-corrected chi connectivity index (χ1v) is 8.17. The van der Waals surface area contributed by atoms with Crippen LogP contribution in [0.15, 0.2) is 27.6 Å². The molecule has 1 amide bonds. The van der Waals surface area contributed by atoms with Gasteiger partial charge in [-0.25, -0.2) is 0 Å². The molecule has 0 radical (unpaired) electrons. The fourth-order valence-electron chi connectivity index (χ4n) is 2.20. The molecule has 3 aromatic rings. The highest BCUT2D eigenvalue weighted by molar-refractivity contribution is 7.17. The Morgan fingerprint density at radius 2 is 2.32 bits per heavy atom. The Balaban J connectivity index is 1.86. The molecule has 0 aliphatic rings. The zero-order valence-corrected chi connectivity index (χ0v) is 14.1. The molecule has 0 saturated heterocycles. The van der Waals surface area contributed by atoms with Gasteiger partial charge in [-0.15, -0.1) is 0 Å². The number of amides is 1. The minimum atomic E-state index is -0.484. The van der Waals surface area contributed by atoms with Crippen molar-refractivity contribution in [3.63, 3.8) is 0 Å². The van der Waals surface area contributed by atoms with Gasteiger partial charge in [-0.05, 0) is 18.6 Å². The van der Waals surface area contributed by atoms with E-state index in [1.165, 1.54) is 16.9 Å². The van der Waals surface area contributed by atoms with E-state index in [2.05, 4.69) is 20.8 Å². The van der Waals surface area contributed by atoms with E-state index in [-0.39, 0.29) is 22.4 Å². The molecule has 3 heterocycles. The number of hydrazine groups is 1. The smallest absolute Gasteiger partial charge is 0.309 e. The molecule has 132 valence electrons. The number of hydrogen-bond acceptors (Lipinski definition) is 9. The summed E-state index contributed by atoms with van der Waals surface area (Å²) in [5, 5.41) is 0. The monoisotopic (exact) mass is 364 g/mol. The number of nitrogens with two attached hydrogens (primary N) is 1. The van der Waals surface area contributed by atoms with E-state index in [1.807, 2.05) is 0 Å². The van der Waals surface area contributed by atoms with Gasteiger partial charge >= 0.3 is 10.8 Å². The van der Waals surface area contributed by atoms with E-state index >= 15 is 0 Å². The molecule has 3 aromatic heterocycles. The summed E-state index contributed by atoms with van der Waals surface area (Å²) in [7, 11) is 1.60. The van der Waals surface area contributed by atoms with Crippen molar-refractivity contribution in [2.75, 3.05) is 24.9 Å². The molecule has 25 heavy (non-hydrogen) atoms. The molecule has 0 unspecified atom stereocenters. The number of furan rings is 1. The zero-order valence-electron chi connectivity index (χ0n) is 13.3. The number of nitrogen functional groups attached to an aromatic ring is 1. The average Bonchev–Trinajstić information content (AvgIpc) is 3.22. The average molecular weight is 364 g/mol. The van der Waals surface area contributed by atoms with Crippen LogP contribution >= 0.6 is 11.3 Å². The van der Waals surface area contributed by atoms with Crippen LogP contribution in [0, 0.1) is 0 Å². The zero-order chi connectivity index (χ0) is 17.8. The lowest BCUT2D eigenvalue weighted by Gasteiger charge is -2.08. The van der Waals surface area contributed by atoms with Gasteiger partial charge in [0.05, 0.1) is 6.26 Å². The molecule has 10 nitrogen and oxygen atoms in total. The number of hydrogen-bond donors (Lipinski definition) is 3. The van der Waals surface area contributed by atoms with Crippen LogP contribution in [0.2, 0.25) is 0 Å². The molecular formula is C14H16N6O4S. The first kappa shape index (κ1) is 16.9. The van der Waals surface area contributed by atoms with Crippen molar-refractivity contribution in [1.29, 1.82) is 0 Å². The molecule has 11 heteroatoms. The third-order valence-corrected chi connectivity index (χ3v) is 4.28. The number of carbonyl (C=O) groups is 1. The van der Waals surface area contributed by atoms with Crippen molar-refractivity contribution in [3.8, 4) is 0 Å². The molecule has 0 aromatic carbocycles. The van der Waals surface area contributed by atoms with Gasteiger partial charge in [-0.3, -0.25) is 25.0 Å². The Morgan fingerprint density at radius 1 is 1.48 bits per heavy atom. The van der Waals surface area contributed by atoms with E-state index in [1.54, 1.807) is 13.2 Å². The van der Waals surface area contributed by atoms with Crippen LogP contribution in [0.3, 0.4) is 0 Å². The highest BCUT2D eigenvalue weighted by atomic mass is 32.1. The summed E-state index contributed by atoms with van der Waals surface area (Å²) in [5.41, 5.74) is 11.3. The van der Waals surface area contributed by atoms with Crippen LogP contribution in [-0.4, -0.2) is 34.2 Å². The van der Waals surface area contributed by atoms with Gasteiger partial charge < -0.3 is 14.9 Å². The van der Waals surface area contributed by atoms with E-state index < -0.39 is 5.91 Å². The molecule has 0 bridgehead atoms. The quantitative estimate of drug-likeness (QED) is 0.414. The number of aryl methyl sites for hydroxylation is 1. The molecule has 3 rings (SSSR count). The van der Waals surface area contributed by atoms with Crippen molar-refractivity contribution in [2.45, 2.75) is 13.0 Å². The van der Waals surface area contributed by atoms with Gasteiger partial charge in [0.2, 0.25) is 5.95 Å². The highest BCUT2D eigenvalue weighted by Crippen LogP contribution is 2.23. The lowest BCUT2D eigenvalue weighted by atomic mass is 10.4. The van der Waals surface area contributed by atoms with Gasteiger partial charge in [-0.2, -0.15) is 9.97 Å². The third kappa shape index (κ3) is 3.61. The fourth-order valence-corrected chi connectivity index (χ4v) is 3.10. The first-order valence-electron chi connectivity index (χ1n) is 7.36. The van der Waals surface area contributed by atoms with E-state index in [9.17, 15) is 9.59 Å². The van der Waals surface area contributed by atoms with Gasteiger partial charge in [0.25, 0.3) is 0 Å². The predicted octanol–water partition coefficient (Wildman–Crippen LogP) is 0.822. The predicted molar refractivity (Wildman–Crippen MR) is 92.4 cm³/mol. The SMILES string of the molecule is COCCCn1c(=O)sc2c(NNC(=O)c3ccco3)nc(N)nc21. The summed E-state index contributed by atoms with van der Waals surface area (Å²) in [5.74, 6) is -0.117. The molecule has 4 N–H and O–H groups in total. The topological polar surface area (TPSA) is 137 Å². The molecule has 0 spiro atoms. The van der Waals surface area contributed by atoms with Crippen LogP contribution in [0.5, 0.6) is 0 Å². The largest absolute Gasteiger partial charge is 0.459 e. The maximum absolute atomic E-state index is 12.2. The van der Waals surface area contributed by atoms with Crippen LogP contribution in [0.4, 0.5) is 11.8 Å². The summed E-state index contributed by atoms with van der Waals surface area (Å²) in [6, 6.07) is 3.12. The summed E-state index contributed by atoms with van der Waals surface area (Å²) in [6.45, 7) is 0.968. The van der Waals surface area contributed by atoms with Crippen molar-refractivity contribution in [1.82, 2.24) is 20.0 Å². The number of nitrogens with one attached hydrogen (secondary N) is 2. The first-order chi connectivity index (χ1) is 12.1.